The van der Waals surface area contributed by atoms with Crippen molar-refractivity contribution < 1.29 is 8.42 Å². The molecule has 0 saturated carbocycles. The first-order valence-electron chi connectivity index (χ1n) is 7.48. The fourth-order valence-electron chi connectivity index (χ4n) is 2.16. The molecular weight excluding hydrogens is 316 g/mol. The summed E-state index contributed by atoms with van der Waals surface area (Å²) in [6.07, 6.45) is 2.05. The maximum Gasteiger partial charge on any atom is 0.211 e. The summed E-state index contributed by atoms with van der Waals surface area (Å²) in [5.74, 6) is 1.43. The Morgan fingerprint density at radius 1 is 1.17 bits per heavy atom. The molecule has 0 saturated heterocycles. The van der Waals surface area contributed by atoms with Crippen LogP contribution in [-0.4, -0.2) is 47.0 Å². The molecule has 0 fully saturated rings. The summed E-state index contributed by atoms with van der Waals surface area (Å²) in [7, 11) is -3.18. The molecule has 0 unspecified atom stereocenters. The normalized spacial score (nSPS) is 11.6. The van der Waals surface area contributed by atoms with Crippen molar-refractivity contribution in [3.63, 3.8) is 0 Å². The Labute approximate surface area is 136 Å². The van der Waals surface area contributed by atoms with E-state index in [4.69, 9.17) is 0 Å². The van der Waals surface area contributed by atoms with Gasteiger partial charge in [0.05, 0.1) is 11.4 Å². The fourth-order valence-corrected chi connectivity index (χ4v) is 3.25. The van der Waals surface area contributed by atoms with Crippen molar-refractivity contribution in [3.8, 4) is 5.82 Å². The van der Waals surface area contributed by atoms with Crippen LogP contribution in [-0.2, 0) is 10.0 Å². The summed E-state index contributed by atoms with van der Waals surface area (Å²) >= 11 is 0. The average molecular weight is 338 g/mol. The van der Waals surface area contributed by atoms with Crippen LogP contribution in [0.2, 0.25) is 0 Å². The van der Waals surface area contributed by atoms with Crippen molar-refractivity contribution in [1.29, 1.82) is 0 Å². The van der Waals surface area contributed by atoms with Gasteiger partial charge in [-0.05, 0) is 26.3 Å². The lowest BCUT2D eigenvalue weighted by molar-refractivity contribution is 0.581. The van der Waals surface area contributed by atoms with Gasteiger partial charge in [0.15, 0.2) is 5.82 Å². The first-order valence-corrected chi connectivity index (χ1v) is 9.13. The SMILES string of the molecule is CCCS(=O)(=O)NCCNc1cc(-n2nc(C)cc2C)ncn1. The van der Waals surface area contributed by atoms with E-state index in [1.165, 1.54) is 6.33 Å². The molecule has 2 aromatic heterocycles. The van der Waals surface area contributed by atoms with Crippen molar-refractivity contribution in [2.45, 2.75) is 27.2 Å². The molecule has 2 rings (SSSR count). The van der Waals surface area contributed by atoms with Gasteiger partial charge in [-0.2, -0.15) is 5.10 Å². The number of sulfonamides is 1. The van der Waals surface area contributed by atoms with Crippen molar-refractivity contribution >= 4 is 15.8 Å². The van der Waals surface area contributed by atoms with Crippen molar-refractivity contribution in [1.82, 2.24) is 24.5 Å². The van der Waals surface area contributed by atoms with Gasteiger partial charge in [-0.25, -0.2) is 27.8 Å². The Morgan fingerprint density at radius 2 is 1.96 bits per heavy atom. The summed E-state index contributed by atoms with van der Waals surface area (Å²) in [6, 6.07) is 3.75. The first kappa shape index (κ1) is 17.4. The highest BCUT2D eigenvalue weighted by atomic mass is 32.2. The van der Waals surface area contributed by atoms with E-state index in [-0.39, 0.29) is 5.75 Å². The highest BCUT2D eigenvalue weighted by molar-refractivity contribution is 7.89. The van der Waals surface area contributed by atoms with Crippen LogP contribution < -0.4 is 10.0 Å². The van der Waals surface area contributed by atoms with Crippen LogP contribution in [0.15, 0.2) is 18.5 Å². The van der Waals surface area contributed by atoms with Crippen LogP contribution in [0.4, 0.5) is 5.82 Å². The van der Waals surface area contributed by atoms with Crippen LogP contribution in [0.1, 0.15) is 24.7 Å². The lowest BCUT2D eigenvalue weighted by atomic mass is 10.4. The fraction of sp³-hybridized carbons (Fsp3) is 0.500. The van der Waals surface area contributed by atoms with E-state index in [1.807, 2.05) is 26.8 Å². The monoisotopic (exact) mass is 338 g/mol. The van der Waals surface area contributed by atoms with Gasteiger partial charge in [-0.3, -0.25) is 0 Å². The van der Waals surface area contributed by atoms with Crippen LogP contribution in [0.5, 0.6) is 0 Å². The number of anilines is 1. The van der Waals surface area contributed by atoms with Gasteiger partial charge in [-0.15, -0.1) is 0 Å². The number of hydrogen-bond acceptors (Lipinski definition) is 6. The minimum Gasteiger partial charge on any atom is -0.369 e. The molecule has 0 amide bonds. The molecule has 0 aliphatic rings. The molecule has 2 aromatic rings. The molecule has 2 heterocycles. The summed E-state index contributed by atoms with van der Waals surface area (Å²) in [5.41, 5.74) is 1.90. The topological polar surface area (TPSA) is 102 Å². The van der Waals surface area contributed by atoms with E-state index >= 15 is 0 Å². The van der Waals surface area contributed by atoms with Crippen LogP contribution >= 0.6 is 0 Å². The number of hydrogen-bond donors (Lipinski definition) is 2. The molecule has 126 valence electrons. The number of rotatable bonds is 8. The quantitative estimate of drug-likeness (QED) is 0.697. The lowest BCUT2D eigenvalue weighted by Gasteiger charge is -2.09. The molecule has 8 nitrogen and oxygen atoms in total. The van der Waals surface area contributed by atoms with E-state index in [2.05, 4.69) is 25.1 Å². The number of aromatic nitrogens is 4. The van der Waals surface area contributed by atoms with E-state index in [1.54, 1.807) is 10.7 Å². The van der Waals surface area contributed by atoms with Gasteiger partial charge in [0.2, 0.25) is 10.0 Å². The van der Waals surface area contributed by atoms with E-state index in [9.17, 15) is 8.42 Å². The zero-order valence-electron chi connectivity index (χ0n) is 13.6. The molecule has 0 aliphatic heterocycles. The van der Waals surface area contributed by atoms with Crippen molar-refractivity contribution in [3.05, 3.63) is 29.8 Å². The molecule has 2 N–H and O–H groups in total. The Balaban J connectivity index is 1.95. The molecule has 23 heavy (non-hydrogen) atoms. The maximum absolute atomic E-state index is 11.5. The van der Waals surface area contributed by atoms with E-state index in [0.717, 1.165) is 11.4 Å². The summed E-state index contributed by atoms with van der Waals surface area (Å²) in [4.78, 5) is 8.34. The second kappa shape index (κ2) is 7.51. The number of nitrogens with one attached hydrogen (secondary N) is 2. The molecule has 0 atom stereocenters. The second-order valence-corrected chi connectivity index (χ2v) is 7.17. The minimum atomic E-state index is -3.18. The predicted molar refractivity (Wildman–Crippen MR) is 89.2 cm³/mol. The number of nitrogens with zero attached hydrogens (tertiary/aromatic N) is 4. The zero-order chi connectivity index (χ0) is 16.9. The maximum atomic E-state index is 11.5. The molecule has 0 aliphatic carbocycles. The summed E-state index contributed by atoms with van der Waals surface area (Å²) in [6.45, 7) is 6.46. The third kappa shape index (κ3) is 5.00. The Morgan fingerprint density at radius 3 is 2.61 bits per heavy atom. The first-order chi connectivity index (χ1) is 10.9. The Kier molecular flexibility index (Phi) is 5.67. The van der Waals surface area contributed by atoms with Crippen LogP contribution in [0.25, 0.3) is 5.82 Å². The highest BCUT2D eigenvalue weighted by Gasteiger charge is 2.08. The molecule has 0 bridgehead atoms. The lowest BCUT2D eigenvalue weighted by Crippen LogP contribution is -2.30. The second-order valence-electron chi connectivity index (χ2n) is 5.24. The third-order valence-corrected chi connectivity index (χ3v) is 4.69. The predicted octanol–water partition coefficient (Wildman–Crippen LogP) is 1.02. The molecule has 0 spiro atoms. The van der Waals surface area contributed by atoms with Gasteiger partial charge in [0, 0.05) is 24.8 Å². The minimum absolute atomic E-state index is 0.141. The molecule has 0 aromatic carbocycles. The smallest absolute Gasteiger partial charge is 0.211 e. The van der Waals surface area contributed by atoms with Crippen LogP contribution in [0.3, 0.4) is 0 Å². The van der Waals surface area contributed by atoms with Crippen LogP contribution in [0, 0.1) is 13.8 Å². The van der Waals surface area contributed by atoms with Crippen molar-refractivity contribution in [2.75, 3.05) is 24.2 Å². The van der Waals surface area contributed by atoms with E-state index < -0.39 is 10.0 Å². The van der Waals surface area contributed by atoms with Gasteiger partial charge in [0.25, 0.3) is 0 Å². The highest BCUT2D eigenvalue weighted by Crippen LogP contribution is 2.11. The largest absolute Gasteiger partial charge is 0.369 e. The average Bonchev–Trinajstić information content (AvgIpc) is 2.83. The molecule has 0 radical (unpaired) electrons. The van der Waals surface area contributed by atoms with Gasteiger partial charge in [0.1, 0.15) is 12.1 Å². The molecular formula is C14H22N6O2S. The van der Waals surface area contributed by atoms with Crippen molar-refractivity contribution in [2.24, 2.45) is 0 Å². The third-order valence-electron chi connectivity index (χ3n) is 3.11. The zero-order valence-corrected chi connectivity index (χ0v) is 14.4. The number of aryl methyl sites for hydroxylation is 2. The summed E-state index contributed by atoms with van der Waals surface area (Å²) < 4.78 is 27.4. The molecule has 9 heteroatoms. The Bertz CT molecular complexity index is 756. The standard InChI is InChI=1S/C14H22N6O2S/c1-4-7-23(21,22)18-6-5-15-13-9-14(17-10-16-13)20-12(3)8-11(2)19-20/h8-10,18H,4-7H2,1-3H3,(H,15,16,17). The summed E-state index contributed by atoms with van der Waals surface area (Å²) in [5, 5.41) is 7.45. The van der Waals surface area contributed by atoms with Gasteiger partial charge >= 0.3 is 0 Å². The van der Waals surface area contributed by atoms with E-state index in [0.29, 0.717) is 31.1 Å². The van der Waals surface area contributed by atoms with Gasteiger partial charge in [-0.1, -0.05) is 6.92 Å². The Hall–Kier alpha value is -2.00. The van der Waals surface area contributed by atoms with Gasteiger partial charge < -0.3 is 5.32 Å².